The molecule has 0 aliphatic rings. The number of carbonyl (C=O) groups excluding carboxylic acids is 1. The Hall–Kier alpha value is -1.40. The molecule has 0 unspecified atom stereocenters. The van der Waals surface area contributed by atoms with Crippen LogP contribution in [-0.2, 0) is 18.1 Å². The maximum atomic E-state index is 13.4. The van der Waals surface area contributed by atoms with Gasteiger partial charge in [-0.05, 0) is 51.7 Å². The highest BCUT2D eigenvalue weighted by atomic mass is 28.4. The number of benzene rings is 2. The molecule has 0 aromatic heterocycles. The molecule has 0 aliphatic heterocycles. The lowest BCUT2D eigenvalue weighted by molar-refractivity contribution is -0.130. The lowest BCUT2D eigenvalue weighted by atomic mass is 9.79. The van der Waals surface area contributed by atoms with E-state index >= 15 is 0 Å². The number of Topliss-reactive ketones (excluding diaryl/α,β-unsaturated/α-hetero) is 1. The van der Waals surface area contributed by atoms with Gasteiger partial charge >= 0.3 is 0 Å². The van der Waals surface area contributed by atoms with Crippen LogP contribution in [-0.4, -0.2) is 60.8 Å². The van der Waals surface area contributed by atoms with Crippen molar-refractivity contribution < 1.29 is 24.5 Å². The summed E-state index contributed by atoms with van der Waals surface area (Å²) in [5.41, 5.74) is -0.732. The summed E-state index contributed by atoms with van der Waals surface area (Å²) < 4.78 is 31.4. The second-order valence-corrected chi connectivity index (χ2v) is 32.9. The predicted molar refractivity (Wildman–Crippen MR) is 230 cm³/mol. The van der Waals surface area contributed by atoms with E-state index < -0.39 is 54.9 Å². The van der Waals surface area contributed by atoms with E-state index in [1.54, 1.807) is 0 Å². The van der Waals surface area contributed by atoms with Gasteiger partial charge in [0.1, 0.15) is 5.78 Å². The number of aliphatic hydroxyl groups excluding tert-OH is 1. The van der Waals surface area contributed by atoms with E-state index in [4.69, 9.17) is 14.6 Å². The molecule has 0 bridgehead atoms. The molecule has 0 radical (unpaired) electrons. The van der Waals surface area contributed by atoms with E-state index in [-0.39, 0.29) is 33.8 Å². The van der Waals surface area contributed by atoms with Crippen molar-refractivity contribution in [2.75, 3.05) is 6.61 Å². The lowest BCUT2D eigenvalue weighted by Crippen LogP contribution is -2.67. The second kappa shape index (κ2) is 18.5. The van der Waals surface area contributed by atoms with Crippen molar-refractivity contribution in [1.29, 1.82) is 0 Å². The van der Waals surface area contributed by atoms with Crippen LogP contribution in [0, 0.1) is 23.2 Å². The third-order valence-electron chi connectivity index (χ3n) is 12.3. The average Bonchev–Trinajstić information content (AvgIpc) is 3.09. The standard InChI is InChI=1S/C44H78O5Si3/c1-18-51(19-2,20-3)49-41(34(5)38(45)31-39(46)42(7,8)9)35(6)40(48-50(16,17)43(10,11)12)33(4)32-47-52(44(13,14)15,36-27-23-21-24-28-36)37-29-25-22-26-30-37/h21-30,33-35,38,40-41,45H,18-20,31-32H2,1-17H3/t33-,34+,35+,38-,40+,41+/m1/s1/i31D/t31-,33+,34-,35-,38+,40-,41-/m0. The Kier molecular flexibility index (Phi) is 16.0. The molecule has 2 rings (SSSR count). The molecule has 8 heteroatoms. The van der Waals surface area contributed by atoms with E-state index in [0.717, 1.165) is 18.1 Å². The first-order valence-electron chi connectivity index (χ1n) is 20.6. The van der Waals surface area contributed by atoms with Crippen molar-refractivity contribution in [1.82, 2.24) is 0 Å². The molecule has 0 saturated carbocycles. The molecule has 1 N–H and O–H groups in total. The average molecular weight is 772 g/mol. The fourth-order valence-electron chi connectivity index (χ4n) is 7.29. The van der Waals surface area contributed by atoms with E-state index in [1.807, 2.05) is 27.7 Å². The van der Waals surface area contributed by atoms with Crippen LogP contribution < -0.4 is 10.4 Å². The number of ketones is 1. The van der Waals surface area contributed by atoms with Gasteiger partial charge in [0.25, 0.3) is 8.32 Å². The molecule has 0 spiro atoms. The van der Waals surface area contributed by atoms with Crippen LogP contribution in [0.25, 0.3) is 0 Å². The quantitative estimate of drug-likeness (QED) is 0.144. The Labute approximate surface area is 324 Å². The summed E-state index contributed by atoms with van der Waals surface area (Å²) in [6.45, 7) is 37.5. The number of aliphatic hydroxyl groups is 1. The number of carbonyl (C=O) groups is 1. The molecule has 296 valence electrons. The Bertz CT molecular complexity index is 1350. The third kappa shape index (κ3) is 11.1. The minimum atomic E-state index is -2.83. The first-order valence-corrected chi connectivity index (χ1v) is 27.4. The van der Waals surface area contributed by atoms with Gasteiger partial charge in [0, 0.05) is 37.5 Å². The smallest absolute Gasteiger partial charge is 0.261 e. The van der Waals surface area contributed by atoms with Crippen LogP contribution in [0.15, 0.2) is 60.7 Å². The fourth-order valence-corrected chi connectivity index (χ4v) is 16.4. The highest BCUT2D eigenvalue weighted by molar-refractivity contribution is 6.99. The topological polar surface area (TPSA) is 65.0 Å². The van der Waals surface area contributed by atoms with Crippen molar-refractivity contribution in [3.63, 3.8) is 0 Å². The van der Waals surface area contributed by atoms with Gasteiger partial charge in [-0.1, -0.05) is 165 Å². The second-order valence-electron chi connectivity index (χ2n) is 19.1. The van der Waals surface area contributed by atoms with Gasteiger partial charge in [-0.2, -0.15) is 0 Å². The largest absolute Gasteiger partial charge is 0.413 e. The predicted octanol–water partition coefficient (Wildman–Crippen LogP) is 10.6. The zero-order chi connectivity index (χ0) is 40.8. The first kappa shape index (κ1) is 45.0. The summed E-state index contributed by atoms with van der Waals surface area (Å²) >= 11 is 0. The number of hydrogen-bond acceptors (Lipinski definition) is 5. The van der Waals surface area contributed by atoms with Gasteiger partial charge in [-0.25, -0.2) is 0 Å². The zero-order valence-corrected chi connectivity index (χ0v) is 39.2. The van der Waals surface area contributed by atoms with Crippen molar-refractivity contribution in [3.05, 3.63) is 60.7 Å². The first-order chi connectivity index (χ1) is 24.3. The summed E-state index contributed by atoms with van der Waals surface area (Å²) in [7, 11) is -7.37. The minimum absolute atomic E-state index is 0.0276. The molecule has 5 nitrogen and oxygen atoms in total. The molecule has 0 heterocycles. The van der Waals surface area contributed by atoms with E-state index in [2.05, 4.69) is 150 Å². The van der Waals surface area contributed by atoms with E-state index in [1.165, 1.54) is 10.4 Å². The van der Waals surface area contributed by atoms with Crippen molar-refractivity contribution in [3.8, 4) is 0 Å². The highest BCUT2D eigenvalue weighted by Crippen LogP contribution is 2.43. The van der Waals surface area contributed by atoms with Crippen LogP contribution in [0.4, 0.5) is 0 Å². The molecule has 2 aromatic carbocycles. The summed E-state index contributed by atoms with van der Waals surface area (Å²) in [5.74, 6) is -0.903. The summed E-state index contributed by atoms with van der Waals surface area (Å²) in [6, 6.07) is 24.4. The molecule has 0 fully saturated rings. The Morgan fingerprint density at radius 3 is 1.52 bits per heavy atom. The van der Waals surface area contributed by atoms with Gasteiger partial charge in [-0.3, -0.25) is 4.79 Å². The summed E-state index contributed by atoms with van der Waals surface area (Å²) in [4.78, 5) is 13.4. The Morgan fingerprint density at radius 2 is 1.15 bits per heavy atom. The fraction of sp³-hybridized carbons (Fsp3) is 0.705. The van der Waals surface area contributed by atoms with Crippen molar-refractivity contribution in [2.45, 2.75) is 170 Å². The normalized spacial score (nSPS) is 18.2. The van der Waals surface area contributed by atoms with Gasteiger partial charge in [0.2, 0.25) is 0 Å². The number of rotatable bonds is 19. The summed E-state index contributed by atoms with van der Waals surface area (Å²) in [6.07, 6.45) is -3.11. The van der Waals surface area contributed by atoms with Gasteiger partial charge in [0.05, 0.1) is 18.3 Å². The zero-order valence-electron chi connectivity index (χ0n) is 37.2. The SMILES string of the molecule is [2H][C@H](C(=O)C(C)(C)C)[C@@H](O)[C@H](C)[C@H](O[Si](CC)(CC)CC)[C@@H](C)[C@@H](O[Si](C)(C)C(C)(C)C)[C@H](C)CO[Si](c1ccccc1)(c1ccccc1)C(C)(C)C. The maximum Gasteiger partial charge on any atom is 0.261 e. The molecule has 0 amide bonds. The maximum absolute atomic E-state index is 13.4. The molecular weight excluding hydrogens is 693 g/mol. The van der Waals surface area contributed by atoms with Crippen molar-refractivity contribution >= 4 is 41.1 Å². The molecule has 0 saturated heterocycles. The van der Waals surface area contributed by atoms with Crippen LogP contribution in [0.5, 0.6) is 0 Å². The van der Waals surface area contributed by atoms with E-state index in [0.29, 0.717) is 6.61 Å². The van der Waals surface area contributed by atoms with Crippen LogP contribution in [0.1, 0.15) is 112 Å². The van der Waals surface area contributed by atoms with Crippen LogP contribution in [0.2, 0.25) is 41.3 Å². The summed E-state index contributed by atoms with van der Waals surface area (Å²) in [5, 5.41) is 14.1. The molecule has 2 aromatic rings. The molecule has 0 aliphatic carbocycles. The van der Waals surface area contributed by atoms with Gasteiger partial charge in [0.15, 0.2) is 16.6 Å². The van der Waals surface area contributed by atoms with Crippen LogP contribution >= 0.6 is 0 Å². The third-order valence-corrected chi connectivity index (χ3v) is 26.4. The lowest BCUT2D eigenvalue weighted by Gasteiger charge is -2.48. The number of hydrogen-bond donors (Lipinski definition) is 1. The monoisotopic (exact) mass is 772 g/mol. The van der Waals surface area contributed by atoms with Gasteiger partial charge < -0.3 is 18.4 Å². The molecule has 7 atom stereocenters. The Morgan fingerprint density at radius 1 is 0.712 bits per heavy atom. The molecular formula is C44H78O5Si3. The van der Waals surface area contributed by atoms with E-state index in [9.17, 15) is 9.90 Å². The van der Waals surface area contributed by atoms with Crippen molar-refractivity contribution in [2.24, 2.45) is 23.2 Å². The Balaban J connectivity index is 2.78. The minimum Gasteiger partial charge on any atom is -0.413 e. The van der Waals surface area contributed by atoms with Crippen LogP contribution in [0.3, 0.4) is 0 Å². The van der Waals surface area contributed by atoms with Gasteiger partial charge in [-0.15, -0.1) is 0 Å². The highest BCUT2D eigenvalue weighted by Gasteiger charge is 2.52. The molecule has 52 heavy (non-hydrogen) atoms.